The molecule has 0 radical (unpaired) electrons. The van der Waals surface area contributed by atoms with E-state index in [0.29, 0.717) is 22.9 Å². The number of aromatic nitrogens is 3. The molecule has 0 fully saturated rings. The quantitative estimate of drug-likeness (QED) is 0.732. The second kappa shape index (κ2) is 6.96. The van der Waals surface area contributed by atoms with Gasteiger partial charge in [0.2, 0.25) is 0 Å². The maximum atomic E-state index is 12.8. The van der Waals surface area contributed by atoms with Crippen LogP contribution in [0.25, 0.3) is 11.0 Å². The number of aromatic amines is 1. The highest BCUT2D eigenvalue weighted by atomic mass is 32.2. The Labute approximate surface area is 158 Å². The van der Waals surface area contributed by atoms with Crippen LogP contribution in [-0.2, 0) is 21.3 Å². The predicted molar refractivity (Wildman–Crippen MR) is 103 cm³/mol. The number of amides is 1. The Hall–Kier alpha value is -3.00. The number of pyridine rings is 1. The van der Waals surface area contributed by atoms with E-state index < -0.39 is 10.8 Å². The van der Waals surface area contributed by atoms with Crippen molar-refractivity contribution in [3.05, 3.63) is 53.9 Å². The minimum atomic E-state index is -1.38. The van der Waals surface area contributed by atoms with Crippen molar-refractivity contribution in [1.29, 1.82) is 0 Å². The largest absolute Gasteiger partial charge is 0.496 e. The standard InChI is InChI=1S/C19H18N4O3S/c1-12-16(20-8-7-17(12)26-2)11-27(25)19-21-14-6-5-13(10-15(14)22-19)23-9-3-4-18(23)24/h3-8,10H,9,11H2,1-2H3,(H,21,22). The van der Waals surface area contributed by atoms with Crippen LogP contribution < -0.4 is 9.64 Å². The number of anilines is 1. The van der Waals surface area contributed by atoms with E-state index >= 15 is 0 Å². The summed E-state index contributed by atoms with van der Waals surface area (Å²) in [7, 11) is 0.217. The molecule has 7 nitrogen and oxygen atoms in total. The van der Waals surface area contributed by atoms with Gasteiger partial charge in [0, 0.05) is 30.1 Å². The Morgan fingerprint density at radius 3 is 2.93 bits per heavy atom. The first-order valence-electron chi connectivity index (χ1n) is 8.41. The van der Waals surface area contributed by atoms with Gasteiger partial charge in [0.1, 0.15) is 5.75 Å². The molecule has 27 heavy (non-hydrogen) atoms. The Morgan fingerprint density at radius 1 is 1.33 bits per heavy atom. The number of nitrogens with one attached hydrogen (secondary N) is 1. The number of benzene rings is 1. The number of rotatable bonds is 5. The van der Waals surface area contributed by atoms with Crippen LogP contribution >= 0.6 is 0 Å². The summed E-state index contributed by atoms with van der Waals surface area (Å²) in [6.45, 7) is 2.45. The second-order valence-electron chi connectivity index (χ2n) is 6.17. The number of carbonyl (C=O) groups is 1. The van der Waals surface area contributed by atoms with Gasteiger partial charge >= 0.3 is 0 Å². The Morgan fingerprint density at radius 2 is 2.19 bits per heavy atom. The van der Waals surface area contributed by atoms with Crippen LogP contribution in [0.3, 0.4) is 0 Å². The first-order valence-corrected chi connectivity index (χ1v) is 9.73. The minimum Gasteiger partial charge on any atom is -0.496 e. The fraction of sp³-hybridized carbons (Fsp3) is 0.211. The summed E-state index contributed by atoms with van der Waals surface area (Å²) < 4.78 is 18.1. The van der Waals surface area contributed by atoms with Gasteiger partial charge in [0.25, 0.3) is 5.91 Å². The van der Waals surface area contributed by atoms with Crippen LogP contribution in [0.2, 0.25) is 0 Å². The van der Waals surface area contributed by atoms with Crippen molar-refractivity contribution in [2.75, 3.05) is 18.6 Å². The van der Waals surface area contributed by atoms with E-state index in [4.69, 9.17) is 4.74 Å². The first-order chi connectivity index (χ1) is 13.1. The van der Waals surface area contributed by atoms with Gasteiger partial charge in [-0.05, 0) is 31.2 Å². The van der Waals surface area contributed by atoms with Gasteiger partial charge in [-0.2, -0.15) is 0 Å². The molecule has 1 amide bonds. The molecule has 1 unspecified atom stereocenters. The fourth-order valence-corrected chi connectivity index (χ4v) is 4.14. The highest BCUT2D eigenvalue weighted by Crippen LogP contribution is 2.25. The molecule has 1 N–H and O–H groups in total. The van der Waals surface area contributed by atoms with E-state index in [2.05, 4.69) is 15.0 Å². The molecule has 3 aromatic rings. The van der Waals surface area contributed by atoms with Crippen LogP contribution in [0.5, 0.6) is 5.75 Å². The van der Waals surface area contributed by atoms with Gasteiger partial charge in [0.15, 0.2) is 5.16 Å². The fourth-order valence-electron chi connectivity index (χ4n) is 3.04. The van der Waals surface area contributed by atoms with Crippen molar-refractivity contribution in [2.24, 2.45) is 0 Å². The molecule has 1 aromatic carbocycles. The van der Waals surface area contributed by atoms with Crippen LogP contribution in [-0.4, -0.2) is 38.7 Å². The van der Waals surface area contributed by atoms with Gasteiger partial charge in [0.05, 0.1) is 40.4 Å². The number of carbonyl (C=O) groups excluding carboxylic acids is 1. The average molecular weight is 382 g/mol. The Bertz CT molecular complexity index is 1090. The molecular weight excluding hydrogens is 364 g/mol. The molecule has 138 valence electrons. The van der Waals surface area contributed by atoms with Crippen LogP contribution in [0.1, 0.15) is 11.3 Å². The van der Waals surface area contributed by atoms with E-state index in [1.54, 1.807) is 30.3 Å². The van der Waals surface area contributed by atoms with Gasteiger partial charge in [-0.1, -0.05) is 6.08 Å². The normalized spacial score (nSPS) is 14.9. The van der Waals surface area contributed by atoms with Gasteiger partial charge < -0.3 is 14.6 Å². The topological polar surface area (TPSA) is 88.2 Å². The van der Waals surface area contributed by atoms with Crippen LogP contribution in [0.15, 0.2) is 47.8 Å². The molecule has 3 heterocycles. The van der Waals surface area contributed by atoms with Crippen LogP contribution in [0, 0.1) is 6.92 Å². The maximum absolute atomic E-state index is 12.8. The van der Waals surface area contributed by atoms with E-state index in [9.17, 15) is 9.00 Å². The smallest absolute Gasteiger partial charge is 0.251 e. The zero-order valence-corrected chi connectivity index (χ0v) is 15.7. The highest BCUT2D eigenvalue weighted by molar-refractivity contribution is 7.84. The molecule has 0 aliphatic carbocycles. The van der Waals surface area contributed by atoms with Crippen LogP contribution in [0.4, 0.5) is 5.69 Å². The third kappa shape index (κ3) is 3.23. The van der Waals surface area contributed by atoms with Crippen molar-refractivity contribution in [3.8, 4) is 5.75 Å². The molecule has 0 saturated carbocycles. The lowest BCUT2D eigenvalue weighted by atomic mass is 10.2. The summed E-state index contributed by atoms with van der Waals surface area (Å²) in [4.78, 5) is 25.4. The number of methoxy groups -OCH3 is 1. The molecule has 0 bridgehead atoms. The van der Waals surface area contributed by atoms with Crippen molar-refractivity contribution < 1.29 is 13.7 Å². The summed E-state index contributed by atoms with van der Waals surface area (Å²) in [5, 5.41) is 0.386. The third-order valence-electron chi connectivity index (χ3n) is 4.53. The summed E-state index contributed by atoms with van der Waals surface area (Å²) in [6.07, 6.45) is 5.02. The molecule has 4 rings (SSSR count). The van der Waals surface area contributed by atoms with Crippen molar-refractivity contribution in [3.63, 3.8) is 0 Å². The number of imidazole rings is 1. The SMILES string of the molecule is COc1ccnc(CS(=O)c2nc3ccc(N4CC=CC4=O)cc3[nH]2)c1C. The zero-order chi connectivity index (χ0) is 19.0. The number of H-pyrrole nitrogens is 1. The molecule has 2 aromatic heterocycles. The van der Waals surface area contributed by atoms with E-state index in [0.717, 1.165) is 22.5 Å². The lowest BCUT2D eigenvalue weighted by molar-refractivity contribution is -0.113. The number of nitrogens with zero attached hydrogens (tertiary/aromatic N) is 3. The molecule has 0 saturated heterocycles. The maximum Gasteiger partial charge on any atom is 0.251 e. The van der Waals surface area contributed by atoms with E-state index in [1.807, 2.05) is 31.2 Å². The summed E-state index contributed by atoms with van der Waals surface area (Å²) >= 11 is 0. The van der Waals surface area contributed by atoms with Gasteiger partial charge in [-0.25, -0.2) is 4.98 Å². The highest BCUT2D eigenvalue weighted by Gasteiger charge is 2.19. The number of fused-ring (bicyclic) bond motifs is 1. The first kappa shape index (κ1) is 17.4. The lowest BCUT2D eigenvalue weighted by Crippen LogP contribution is -2.24. The zero-order valence-electron chi connectivity index (χ0n) is 14.9. The van der Waals surface area contributed by atoms with E-state index in [1.165, 1.54) is 0 Å². The molecule has 1 aliphatic rings. The van der Waals surface area contributed by atoms with Gasteiger partial charge in [-0.15, -0.1) is 0 Å². The van der Waals surface area contributed by atoms with Gasteiger partial charge in [-0.3, -0.25) is 14.0 Å². The molecule has 8 heteroatoms. The number of ether oxygens (including phenoxy) is 1. The number of hydrogen-bond acceptors (Lipinski definition) is 5. The Balaban J connectivity index is 1.60. The summed E-state index contributed by atoms with van der Waals surface area (Å²) in [5.74, 6) is 0.914. The second-order valence-corrected chi connectivity index (χ2v) is 7.54. The summed E-state index contributed by atoms with van der Waals surface area (Å²) in [6, 6.07) is 7.29. The predicted octanol–water partition coefficient (Wildman–Crippen LogP) is 2.49. The van der Waals surface area contributed by atoms with Crippen molar-refractivity contribution in [2.45, 2.75) is 17.8 Å². The lowest BCUT2D eigenvalue weighted by Gasteiger charge is -2.15. The molecule has 0 spiro atoms. The molecule has 1 aliphatic heterocycles. The third-order valence-corrected chi connectivity index (χ3v) is 5.69. The van der Waals surface area contributed by atoms with Crippen molar-refractivity contribution in [1.82, 2.24) is 15.0 Å². The molecule has 1 atom stereocenters. The minimum absolute atomic E-state index is 0.0442. The summed E-state index contributed by atoms with van der Waals surface area (Å²) in [5.41, 5.74) is 3.81. The number of hydrogen-bond donors (Lipinski definition) is 1. The molecular formula is C19H18N4O3S. The van der Waals surface area contributed by atoms with Crippen molar-refractivity contribution >= 4 is 33.4 Å². The van der Waals surface area contributed by atoms with E-state index in [-0.39, 0.29) is 11.7 Å². The monoisotopic (exact) mass is 382 g/mol. The Kier molecular flexibility index (Phi) is 4.49. The average Bonchev–Trinajstić information content (AvgIpc) is 3.28.